The SMILES string of the molecule is CCc1ccc(OCCCN2C(=O)COc3ccc(NC(=O)c4cc(OC)c(OC)c(OC)c4)cc32)cc1. The van der Waals surface area contributed by atoms with Gasteiger partial charge in [-0.3, -0.25) is 9.59 Å². The third-order valence-corrected chi connectivity index (χ3v) is 6.21. The number of benzene rings is 3. The highest BCUT2D eigenvalue weighted by Crippen LogP contribution is 2.39. The molecule has 0 radical (unpaired) electrons. The lowest BCUT2D eigenvalue weighted by Gasteiger charge is -2.30. The molecule has 1 aliphatic rings. The van der Waals surface area contributed by atoms with E-state index in [-0.39, 0.29) is 18.4 Å². The number of hydrogen-bond acceptors (Lipinski definition) is 7. The average molecular weight is 521 g/mol. The predicted octanol–water partition coefficient (Wildman–Crippen LogP) is 4.72. The zero-order valence-electron chi connectivity index (χ0n) is 22.0. The molecule has 0 fully saturated rings. The summed E-state index contributed by atoms with van der Waals surface area (Å²) in [5.74, 6) is 1.99. The molecule has 0 saturated heterocycles. The molecule has 9 nitrogen and oxygen atoms in total. The second kappa shape index (κ2) is 12.2. The molecule has 3 aromatic rings. The maximum atomic E-state index is 13.1. The molecule has 0 aromatic heterocycles. The van der Waals surface area contributed by atoms with Gasteiger partial charge in [-0.2, -0.15) is 0 Å². The van der Waals surface area contributed by atoms with Gasteiger partial charge in [-0.15, -0.1) is 0 Å². The van der Waals surface area contributed by atoms with Crippen molar-refractivity contribution in [2.75, 3.05) is 51.3 Å². The summed E-state index contributed by atoms with van der Waals surface area (Å²) in [6.45, 7) is 2.98. The number of ether oxygens (including phenoxy) is 5. The number of nitrogens with one attached hydrogen (secondary N) is 1. The van der Waals surface area contributed by atoms with Crippen LogP contribution in [0.4, 0.5) is 11.4 Å². The number of methoxy groups -OCH3 is 3. The topological polar surface area (TPSA) is 95.6 Å². The van der Waals surface area contributed by atoms with Crippen LogP contribution in [0.5, 0.6) is 28.7 Å². The fourth-order valence-electron chi connectivity index (χ4n) is 4.17. The summed E-state index contributed by atoms with van der Waals surface area (Å²) in [5.41, 5.74) is 2.68. The van der Waals surface area contributed by atoms with Gasteiger partial charge >= 0.3 is 0 Å². The number of fused-ring (bicyclic) bond motifs is 1. The second-order valence-corrected chi connectivity index (χ2v) is 8.58. The van der Waals surface area contributed by atoms with Crippen LogP contribution in [0.2, 0.25) is 0 Å². The van der Waals surface area contributed by atoms with Crippen molar-refractivity contribution in [2.24, 2.45) is 0 Å². The van der Waals surface area contributed by atoms with E-state index in [1.54, 1.807) is 35.2 Å². The summed E-state index contributed by atoms with van der Waals surface area (Å²) in [6.07, 6.45) is 1.60. The Balaban J connectivity index is 1.45. The third kappa shape index (κ3) is 5.94. The Labute approximate surface area is 222 Å². The van der Waals surface area contributed by atoms with E-state index in [0.717, 1.165) is 12.2 Å². The summed E-state index contributed by atoms with van der Waals surface area (Å²) >= 11 is 0. The lowest BCUT2D eigenvalue weighted by atomic mass is 10.1. The third-order valence-electron chi connectivity index (χ3n) is 6.21. The number of carbonyl (C=O) groups is 2. The normalized spacial score (nSPS) is 12.3. The van der Waals surface area contributed by atoms with Crippen LogP contribution in [0.3, 0.4) is 0 Å². The minimum atomic E-state index is -0.374. The van der Waals surface area contributed by atoms with E-state index in [1.165, 1.54) is 26.9 Å². The molecule has 1 aliphatic heterocycles. The van der Waals surface area contributed by atoms with E-state index in [9.17, 15) is 9.59 Å². The summed E-state index contributed by atoms with van der Waals surface area (Å²) in [6, 6.07) is 16.3. The number of aryl methyl sites for hydroxylation is 1. The Morgan fingerprint density at radius 3 is 2.32 bits per heavy atom. The van der Waals surface area contributed by atoms with Gasteiger partial charge in [0, 0.05) is 17.8 Å². The quantitative estimate of drug-likeness (QED) is 0.366. The van der Waals surface area contributed by atoms with Crippen molar-refractivity contribution in [3.63, 3.8) is 0 Å². The van der Waals surface area contributed by atoms with Crippen molar-refractivity contribution < 1.29 is 33.3 Å². The van der Waals surface area contributed by atoms with E-state index in [2.05, 4.69) is 12.2 Å². The first-order valence-corrected chi connectivity index (χ1v) is 12.4. The van der Waals surface area contributed by atoms with E-state index >= 15 is 0 Å². The molecule has 9 heteroatoms. The molecular weight excluding hydrogens is 488 g/mol. The predicted molar refractivity (Wildman–Crippen MR) is 144 cm³/mol. The Morgan fingerprint density at radius 2 is 1.68 bits per heavy atom. The number of anilines is 2. The van der Waals surface area contributed by atoms with Crippen LogP contribution < -0.4 is 33.9 Å². The smallest absolute Gasteiger partial charge is 0.265 e. The van der Waals surface area contributed by atoms with Crippen molar-refractivity contribution in [2.45, 2.75) is 19.8 Å². The highest BCUT2D eigenvalue weighted by atomic mass is 16.5. The fourth-order valence-corrected chi connectivity index (χ4v) is 4.17. The molecule has 1 heterocycles. The molecular formula is C29H32N2O7. The molecule has 3 aromatic carbocycles. The van der Waals surface area contributed by atoms with Gasteiger partial charge in [0.2, 0.25) is 5.75 Å². The largest absolute Gasteiger partial charge is 0.494 e. The van der Waals surface area contributed by atoms with E-state index < -0.39 is 0 Å². The number of amides is 2. The summed E-state index contributed by atoms with van der Waals surface area (Å²) in [7, 11) is 4.47. The highest BCUT2D eigenvalue weighted by Gasteiger charge is 2.26. The van der Waals surface area contributed by atoms with Crippen molar-refractivity contribution in [3.05, 3.63) is 65.7 Å². The number of carbonyl (C=O) groups excluding carboxylic acids is 2. The van der Waals surface area contributed by atoms with Gasteiger partial charge in [0.25, 0.3) is 11.8 Å². The van der Waals surface area contributed by atoms with Gasteiger partial charge in [-0.05, 0) is 60.9 Å². The maximum Gasteiger partial charge on any atom is 0.265 e. The van der Waals surface area contributed by atoms with E-state index in [4.69, 9.17) is 23.7 Å². The summed E-state index contributed by atoms with van der Waals surface area (Å²) in [4.78, 5) is 27.4. The molecule has 38 heavy (non-hydrogen) atoms. The summed E-state index contributed by atoms with van der Waals surface area (Å²) in [5, 5.41) is 2.87. The molecule has 0 atom stereocenters. The second-order valence-electron chi connectivity index (χ2n) is 8.58. The van der Waals surface area contributed by atoms with Gasteiger partial charge in [-0.25, -0.2) is 0 Å². The zero-order valence-corrected chi connectivity index (χ0v) is 22.0. The highest BCUT2D eigenvalue weighted by molar-refractivity contribution is 6.06. The van der Waals surface area contributed by atoms with Crippen molar-refractivity contribution >= 4 is 23.2 Å². The lowest BCUT2D eigenvalue weighted by molar-refractivity contribution is -0.121. The molecule has 0 unspecified atom stereocenters. The molecule has 1 N–H and O–H groups in total. The molecule has 0 spiro atoms. The van der Waals surface area contributed by atoms with Crippen molar-refractivity contribution in [1.29, 1.82) is 0 Å². The van der Waals surface area contributed by atoms with Crippen LogP contribution in [-0.4, -0.2) is 52.9 Å². The minimum absolute atomic E-state index is 0.0382. The number of nitrogens with zero attached hydrogens (tertiary/aromatic N) is 1. The first kappa shape index (κ1) is 26.7. The average Bonchev–Trinajstić information content (AvgIpc) is 2.95. The van der Waals surface area contributed by atoms with E-state index in [1.807, 2.05) is 24.3 Å². The lowest BCUT2D eigenvalue weighted by Crippen LogP contribution is -2.39. The van der Waals surface area contributed by atoms with Crippen LogP contribution >= 0.6 is 0 Å². The molecule has 0 saturated carbocycles. The maximum absolute atomic E-state index is 13.1. The van der Waals surface area contributed by atoms with Gasteiger partial charge in [0.1, 0.15) is 11.5 Å². The Bertz CT molecular complexity index is 1270. The van der Waals surface area contributed by atoms with E-state index in [0.29, 0.717) is 59.5 Å². The standard InChI is InChI=1S/C29H32N2O7/c1-5-19-7-10-22(11-8-19)37-14-6-13-31-23-17-21(9-12-24(23)38-18-27(31)32)30-29(33)20-15-25(34-2)28(36-4)26(16-20)35-3/h7-12,15-17H,5-6,13-14,18H2,1-4H3,(H,30,33). The van der Waals surface area contributed by atoms with Gasteiger partial charge in [-0.1, -0.05) is 19.1 Å². The molecule has 0 bridgehead atoms. The first-order chi connectivity index (χ1) is 18.5. The molecule has 4 rings (SSSR count). The Kier molecular flexibility index (Phi) is 8.58. The van der Waals surface area contributed by atoms with Gasteiger partial charge < -0.3 is 33.9 Å². The van der Waals surface area contributed by atoms with Crippen LogP contribution in [0.25, 0.3) is 0 Å². The fraction of sp³-hybridized carbons (Fsp3) is 0.310. The molecule has 200 valence electrons. The van der Waals surface area contributed by atoms with Crippen LogP contribution in [0.1, 0.15) is 29.3 Å². The molecule has 2 amide bonds. The first-order valence-electron chi connectivity index (χ1n) is 12.4. The van der Waals surface area contributed by atoms with Gasteiger partial charge in [0.05, 0.1) is 33.6 Å². The Morgan fingerprint density at radius 1 is 0.974 bits per heavy atom. The van der Waals surface area contributed by atoms with Crippen LogP contribution in [0, 0.1) is 0 Å². The van der Waals surface area contributed by atoms with Crippen molar-refractivity contribution in [3.8, 4) is 28.7 Å². The summed E-state index contributed by atoms with van der Waals surface area (Å²) < 4.78 is 27.5. The minimum Gasteiger partial charge on any atom is -0.494 e. The Hall–Kier alpha value is -4.40. The van der Waals surface area contributed by atoms with Crippen molar-refractivity contribution in [1.82, 2.24) is 0 Å². The number of hydrogen-bond donors (Lipinski definition) is 1. The van der Waals surface area contributed by atoms with Gasteiger partial charge in [0.15, 0.2) is 18.1 Å². The van der Waals surface area contributed by atoms with Crippen LogP contribution in [0.15, 0.2) is 54.6 Å². The van der Waals surface area contributed by atoms with Crippen LogP contribution in [-0.2, 0) is 11.2 Å². The molecule has 0 aliphatic carbocycles. The monoisotopic (exact) mass is 520 g/mol. The number of rotatable bonds is 11. The zero-order chi connectivity index (χ0) is 27.1.